The largest absolute Gasteiger partial charge is 0.348 e. The standard InChI is InChI=1S/C21H28O2/c1-16(2)14-22-21(23-15-17(3)4)20-12-10-19(11-13-20)18-8-6-5-7-9-18/h5-13,16-17,21H,14-15H2,1-4H3. The van der Waals surface area contributed by atoms with Gasteiger partial charge in [-0.1, -0.05) is 82.3 Å². The smallest absolute Gasteiger partial charge is 0.183 e. The molecule has 23 heavy (non-hydrogen) atoms. The van der Waals surface area contributed by atoms with E-state index in [2.05, 4.69) is 76.2 Å². The van der Waals surface area contributed by atoms with Crippen LogP contribution in [0.2, 0.25) is 0 Å². The van der Waals surface area contributed by atoms with Gasteiger partial charge in [0, 0.05) is 5.56 Å². The van der Waals surface area contributed by atoms with E-state index in [0.29, 0.717) is 25.0 Å². The quantitative estimate of drug-likeness (QED) is 0.582. The van der Waals surface area contributed by atoms with Gasteiger partial charge in [-0.25, -0.2) is 0 Å². The van der Waals surface area contributed by atoms with Crippen LogP contribution < -0.4 is 0 Å². The van der Waals surface area contributed by atoms with Crippen molar-refractivity contribution in [2.24, 2.45) is 11.8 Å². The highest BCUT2D eigenvalue weighted by Crippen LogP contribution is 2.25. The van der Waals surface area contributed by atoms with Crippen molar-refractivity contribution in [1.29, 1.82) is 0 Å². The number of rotatable bonds is 8. The van der Waals surface area contributed by atoms with E-state index in [9.17, 15) is 0 Å². The molecular weight excluding hydrogens is 284 g/mol. The highest BCUT2D eigenvalue weighted by atomic mass is 16.7. The topological polar surface area (TPSA) is 18.5 Å². The van der Waals surface area contributed by atoms with E-state index in [4.69, 9.17) is 9.47 Å². The molecule has 2 aromatic rings. The molecule has 0 aliphatic heterocycles. The fraction of sp³-hybridized carbons (Fsp3) is 0.429. The lowest BCUT2D eigenvalue weighted by Gasteiger charge is -2.21. The Morgan fingerprint density at radius 1 is 0.652 bits per heavy atom. The van der Waals surface area contributed by atoms with Gasteiger partial charge in [0.1, 0.15) is 0 Å². The zero-order valence-corrected chi connectivity index (χ0v) is 14.7. The molecule has 0 atom stereocenters. The summed E-state index contributed by atoms with van der Waals surface area (Å²) in [5.41, 5.74) is 3.51. The van der Waals surface area contributed by atoms with Gasteiger partial charge in [-0.05, 0) is 23.0 Å². The van der Waals surface area contributed by atoms with Crippen LogP contribution >= 0.6 is 0 Å². The van der Waals surface area contributed by atoms with Crippen molar-refractivity contribution < 1.29 is 9.47 Å². The van der Waals surface area contributed by atoms with E-state index in [0.717, 1.165) is 5.56 Å². The van der Waals surface area contributed by atoms with Crippen LogP contribution in [0.15, 0.2) is 54.6 Å². The van der Waals surface area contributed by atoms with Gasteiger partial charge in [0.05, 0.1) is 13.2 Å². The van der Waals surface area contributed by atoms with Gasteiger partial charge < -0.3 is 9.47 Å². The first kappa shape index (κ1) is 17.7. The second-order valence-corrected chi connectivity index (χ2v) is 6.77. The van der Waals surface area contributed by atoms with Gasteiger partial charge in [0.2, 0.25) is 0 Å². The minimum Gasteiger partial charge on any atom is -0.348 e. The van der Waals surface area contributed by atoms with Gasteiger partial charge in [-0.3, -0.25) is 0 Å². The van der Waals surface area contributed by atoms with E-state index >= 15 is 0 Å². The summed E-state index contributed by atoms with van der Waals surface area (Å²) >= 11 is 0. The molecule has 2 aromatic carbocycles. The van der Waals surface area contributed by atoms with Crippen molar-refractivity contribution >= 4 is 0 Å². The predicted octanol–water partition coefficient (Wildman–Crippen LogP) is 5.70. The summed E-state index contributed by atoms with van der Waals surface area (Å²) in [6, 6.07) is 18.9. The Bertz CT molecular complexity index is 546. The molecule has 2 rings (SSSR count). The van der Waals surface area contributed by atoms with Crippen molar-refractivity contribution in [2.45, 2.75) is 34.0 Å². The van der Waals surface area contributed by atoms with Gasteiger partial charge in [-0.2, -0.15) is 0 Å². The van der Waals surface area contributed by atoms with E-state index in [1.54, 1.807) is 0 Å². The highest BCUT2D eigenvalue weighted by Gasteiger charge is 2.14. The van der Waals surface area contributed by atoms with Crippen LogP contribution in [-0.4, -0.2) is 13.2 Å². The lowest BCUT2D eigenvalue weighted by Crippen LogP contribution is -2.15. The molecule has 2 heteroatoms. The van der Waals surface area contributed by atoms with Crippen LogP contribution in [0.5, 0.6) is 0 Å². The average molecular weight is 312 g/mol. The predicted molar refractivity (Wildman–Crippen MR) is 96.2 cm³/mol. The normalized spacial score (nSPS) is 11.6. The van der Waals surface area contributed by atoms with Crippen LogP contribution in [0, 0.1) is 11.8 Å². The van der Waals surface area contributed by atoms with Crippen LogP contribution in [0.3, 0.4) is 0 Å². The first-order valence-electron chi connectivity index (χ1n) is 8.45. The lowest BCUT2D eigenvalue weighted by molar-refractivity contribution is -0.158. The first-order chi connectivity index (χ1) is 11.1. The Labute approximate surface area is 140 Å². The van der Waals surface area contributed by atoms with Crippen LogP contribution in [0.1, 0.15) is 39.5 Å². The summed E-state index contributed by atoms with van der Waals surface area (Å²) < 4.78 is 11.9. The molecule has 0 radical (unpaired) electrons. The monoisotopic (exact) mass is 312 g/mol. The second kappa shape index (κ2) is 8.85. The van der Waals surface area contributed by atoms with Crippen LogP contribution in [0.4, 0.5) is 0 Å². The van der Waals surface area contributed by atoms with Crippen molar-refractivity contribution in [2.75, 3.05) is 13.2 Å². The zero-order chi connectivity index (χ0) is 16.7. The third kappa shape index (κ3) is 5.81. The Kier molecular flexibility index (Phi) is 6.82. The molecule has 0 heterocycles. The maximum absolute atomic E-state index is 5.96. The van der Waals surface area contributed by atoms with Crippen LogP contribution in [-0.2, 0) is 9.47 Å². The van der Waals surface area contributed by atoms with Gasteiger partial charge in [0.15, 0.2) is 6.29 Å². The maximum atomic E-state index is 5.96. The third-order valence-electron chi connectivity index (χ3n) is 3.45. The molecular formula is C21H28O2. The second-order valence-electron chi connectivity index (χ2n) is 6.77. The Balaban J connectivity index is 2.11. The SMILES string of the molecule is CC(C)COC(OCC(C)C)c1ccc(-c2ccccc2)cc1. The van der Waals surface area contributed by atoms with Crippen LogP contribution in [0.25, 0.3) is 11.1 Å². The van der Waals surface area contributed by atoms with E-state index in [1.807, 2.05) is 6.07 Å². The summed E-state index contributed by atoms with van der Waals surface area (Å²) in [5, 5.41) is 0. The van der Waals surface area contributed by atoms with Crippen molar-refractivity contribution in [3.63, 3.8) is 0 Å². The van der Waals surface area contributed by atoms with E-state index in [-0.39, 0.29) is 6.29 Å². The fourth-order valence-electron chi connectivity index (χ4n) is 2.26. The highest BCUT2D eigenvalue weighted by molar-refractivity contribution is 5.63. The third-order valence-corrected chi connectivity index (χ3v) is 3.45. The Morgan fingerprint density at radius 2 is 1.13 bits per heavy atom. The molecule has 0 saturated carbocycles. The minimum absolute atomic E-state index is 0.287. The fourth-order valence-corrected chi connectivity index (χ4v) is 2.26. The Morgan fingerprint density at radius 3 is 1.61 bits per heavy atom. The van der Waals surface area contributed by atoms with Gasteiger partial charge in [-0.15, -0.1) is 0 Å². The average Bonchev–Trinajstić information content (AvgIpc) is 2.55. The summed E-state index contributed by atoms with van der Waals surface area (Å²) in [6.45, 7) is 10.00. The molecule has 0 aliphatic rings. The van der Waals surface area contributed by atoms with Crippen molar-refractivity contribution in [3.8, 4) is 11.1 Å². The minimum atomic E-state index is -0.287. The molecule has 0 saturated heterocycles. The number of hydrogen-bond acceptors (Lipinski definition) is 2. The molecule has 0 unspecified atom stereocenters. The lowest BCUT2D eigenvalue weighted by atomic mass is 10.0. The van der Waals surface area contributed by atoms with E-state index in [1.165, 1.54) is 11.1 Å². The van der Waals surface area contributed by atoms with Gasteiger partial charge >= 0.3 is 0 Å². The molecule has 0 spiro atoms. The number of ether oxygens (including phenoxy) is 2. The molecule has 0 bridgehead atoms. The van der Waals surface area contributed by atoms with Crippen molar-refractivity contribution in [3.05, 3.63) is 60.2 Å². The molecule has 124 valence electrons. The summed E-state index contributed by atoms with van der Waals surface area (Å²) in [6.07, 6.45) is -0.287. The molecule has 0 aliphatic carbocycles. The summed E-state index contributed by atoms with van der Waals surface area (Å²) in [7, 11) is 0. The summed E-state index contributed by atoms with van der Waals surface area (Å²) in [5.74, 6) is 0.979. The van der Waals surface area contributed by atoms with E-state index < -0.39 is 0 Å². The zero-order valence-electron chi connectivity index (χ0n) is 14.7. The molecule has 0 N–H and O–H groups in total. The molecule has 0 amide bonds. The maximum Gasteiger partial charge on any atom is 0.183 e. The molecule has 2 nitrogen and oxygen atoms in total. The summed E-state index contributed by atoms with van der Waals surface area (Å²) in [4.78, 5) is 0. The first-order valence-corrected chi connectivity index (χ1v) is 8.45. The molecule has 0 aromatic heterocycles. The Hall–Kier alpha value is -1.64. The molecule has 0 fully saturated rings. The van der Waals surface area contributed by atoms with Crippen molar-refractivity contribution in [1.82, 2.24) is 0 Å². The number of hydrogen-bond donors (Lipinski definition) is 0. The van der Waals surface area contributed by atoms with Gasteiger partial charge in [0.25, 0.3) is 0 Å². The number of benzene rings is 2.